The van der Waals surface area contributed by atoms with Crippen LogP contribution in [0.5, 0.6) is 0 Å². The van der Waals surface area contributed by atoms with Crippen LogP contribution in [-0.4, -0.2) is 23.9 Å². The Hall–Kier alpha value is -1.55. The number of hydrogen-bond acceptors (Lipinski definition) is 3. The molecule has 0 bridgehead atoms. The molecular formula is C11H17N3O. The van der Waals surface area contributed by atoms with Crippen LogP contribution in [0.15, 0.2) is 0 Å². The molecule has 0 rings (SSSR count). The zero-order chi connectivity index (χ0) is 12.1. The largest absolute Gasteiger partial charge is 0.341 e. The van der Waals surface area contributed by atoms with Crippen molar-refractivity contribution in [1.29, 1.82) is 10.5 Å². The first kappa shape index (κ1) is 13.4. The highest BCUT2D eigenvalue weighted by molar-refractivity contribution is 5.85. The summed E-state index contributed by atoms with van der Waals surface area (Å²) in [6.07, 6.45) is 0.763. The Balaban J connectivity index is 4.73. The molecule has 0 aromatic heterocycles. The fraction of sp³-hybridized carbons (Fsp3) is 0.727. The van der Waals surface area contributed by atoms with Crippen LogP contribution in [0, 0.1) is 28.1 Å². The number of carbonyl (C=O) groups excluding carboxylic acids is 1. The average Bonchev–Trinajstić information content (AvgIpc) is 2.26. The van der Waals surface area contributed by atoms with E-state index < -0.39 is 5.41 Å². The van der Waals surface area contributed by atoms with E-state index in [1.807, 2.05) is 19.1 Å². The molecule has 0 aliphatic carbocycles. The Morgan fingerprint density at radius 3 is 2.40 bits per heavy atom. The van der Waals surface area contributed by atoms with E-state index in [4.69, 9.17) is 10.5 Å². The van der Waals surface area contributed by atoms with E-state index in [0.717, 1.165) is 0 Å². The van der Waals surface area contributed by atoms with Crippen molar-refractivity contribution in [2.75, 3.05) is 7.05 Å². The summed E-state index contributed by atoms with van der Waals surface area (Å²) in [6, 6.07) is 3.89. The van der Waals surface area contributed by atoms with Gasteiger partial charge in [0.15, 0.2) is 0 Å². The van der Waals surface area contributed by atoms with Gasteiger partial charge >= 0.3 is 0 Å². The van der Waals surface area contributed by atoms with Crippen molar-refractivity contribution < 1.29 is 4.79 Å². The predicted molar refractivity (Wildman–Crippen MR) is 56.5 cm³/mol. The minimum atomic E-state index is -0.974. The van der Waals surface area contributed by atoms with Gasteiger partial charge in [0.2, 0.25) is 5.91 Å². The number of amides is 1. The summed E-state index contributed by atoms with van der Waals surface area (Å²) < 4.78 is 0. The number of carbonyl (C=O) groups is 1. The van der Waals surface area contributed by atoms with Crippen LogP contribution < -0.4 is 0 Å². The molecule has 15 heavy (non-hydrogen) atoms. The quantitative estimate of drug-likeness (QED) is 0.704. The third-order valence-electron chi connectivity index (χ3n) is 2.79. The molecule has 0 N–H and O–H groups in total. The maximum Gasteiger partial charge on any atom is 0.242 e. The lowest BCUT2D eigenvalue weighted by Crippen LogP contribution is -2.43. The van der Waals surface area contributed by atoms with Crippen molar-refractivity contribution >= 4 is 5.91 Å². The van der Waals surface area contributed by atoms with Crippen LogP contribution in [0.25, 0.3) is 0 Å². The van der Waals surface area contributed by atoms with Gasteiger partial charge in [-0.2, -0.15) is 10.5 Å². The first-order chi connectivity index (χ1) is 6.92. The van der Waals surface area contributed by atoms with Gasteiger partial charge in [-0.05, 0) is 20.3 Å². The first-order valence-corrected chi connectivity index (χ1v) is 4.98. The fourth-order valence-electron chi connectivity index (χ4n) is 1.14. The second kappa shape index (κ2) is 5.36. The molecule has 0 aromatic rings. The number of hydrogen-bond donors (Lipinski definition) is 0. The molecule has 1 amide bonds. The maximum absolute atomic E-state index is 11.9. The fourth-order valence-corrected chi connectivity index (χ4v) is 1.14. The molecular weight excluding hydrogens is 190 g/mol. The maximum atomic E-state index is 11.9. The van der Waals surface area contributed by atoms with Gasteiger partial charge in [-0.25, -0.2) is 0 Å². The van der Waals surface area contributed by atoms with Crippen molar-refractivity contribution in [3.8, 4) is 12.1 Å². The molecule has 4 heteroatoms. The van der Waals surface area contributed by atoms with Crippen LogP contribution in [0.3, 0.4) is 0 Å². The second-order valence-corrected chi connectivity index (χ2v) is 3.92. The lowest BCUT2D eigenvalue weighted by molar-refractivity contribution is -0.138. The van der Waals surface area contributed by atoms with E-state index in [9.17, 15) is 4.79 Å². The topological polar surface area (TPSA) is 67.9 Å². The minimum Gasteiger partial charge on any atom is -0.341 e. The Bertz CT molecular complexity index is 313. The van der Waals surface area contributed by atoms with E-state index in [1.54, 1.807) is 20.9 Å². The molecule has 0 saturated heterocycles. The van der Waals surface area contributed by atoms with E-state index in [2.05, 4.69) is 0 Å². The van der Waals surface area contributed by atoms with Crippen LogP contribution in [0.1, 0.15) is 33.6 Å². The van der Waals surface area contributed by atoms with Crippen molar-refractivity contribution in [2.24, 2.45) is 5.41 Å². The Kier molecular flexibility index (Phi) is 4.81. The van der Waals surface area contributed by atoms with Gasteiger partial charge in [-0.3, -0.25) is 4.79 Å². The molecule has 0 aromatic carbocycles. The average molecular weight is 207 g/mol. The van der Waals surface area contributed by atoms with Crippen LogP contribution in [-0.2, 0) is 4.79 Å². The first-order valence-electron chi connectivity index (χ1n) is 4.98. The smallest absolute Gasteiger partial charge is 0.242 e. The minimum absolute atomic E-state index is 0.151. The van der Waals surface area contributed by atoms with E-state index in [-0.39, 0.29) is 18.4 Å². The van der Waals surface area contributed by atoms with Crippen molar-refractivity contribution in [3.05, 3.63) is 0 Å². The van der Waals surface area contributed by atoms with Crippen molar-refractivity contribution in [1.82, 2.24) is 4.90 Å². The van der Waals surface area contributed by atoms with Gasteiger partial charge in [0.25, 0.3) is 0 Å². The lowest BCUT2D eigenvalue weighted by atomic mass is 9.87. The summed E-state index contributed by atoms with van der Waals surface area (Å²) in [6.45, 7) is 5.24. The lowest BCUT2D eigenvalue weighted by Gasteiger charge is -2.29. The predicted octanol–water partition coefficient (Wildman–Crippen LogP) is 1.69. The molecule has 4 nitrogen and oxygen atoms in total. The third kappa shape index (κ3) is 2.95. The number of nitrogens with zero attached hydrogens (tertiary/aromatic N) is 3. The van der Waals surface area contributed by atoms with Gasteiger partial charge in [0, 0.05) is 13.1 Å². The van der Waals surface area contributed by atoms with Gasteiger partial charge < -0.3 is 4.90 Å². The summed E-state index contributed by atoms with van der Waals surface area (Å²) in [4.78, 5) is 13.4. The van der Waals surface area contributed by atoms with E-state index >= 15 is 0 Å². The molecule has 0 aliphatic heterocycles. The molecule has 2 atom stereocenters. The summed E-state index contributed by atoms with van der Waals surface area (Å²) in [7, 11) is 1.63. The van der Waals surface area contributed by atoms with Gasteiger partial charge in [-0.15, -0.1) is 0 Å². The number of nitriles is 2. The highest BCUT2D eigenvalue weighted by Crippen LogP contribution is 2.23. The normalized spacial score (nSPS) is 15.6. The molecule has 0 saturated carbocycles. The zero-order valence-electron chi connectivity index (χ0n) is 9.74. The molecule has 0 heterocycles. The summed E-state index contributed by atoms with van der Waals surface area (Å²) in [5.41, 5.74) is -0.974. The SMILES string of the molecule is CCC(C)(C#N)C(=O)N(C)C(C)CC#N. The molecule has 0 fully saturated rings. The highest BCUT2D eigenvalue weighted by atomic mass is 16.2. The second-order valence-electron chi connectivity index (χ2n) is 3.92. The zero-order valence-corrected chi connectivity index (χ0v) is 9.74. The van der Waals surface area contributed by atoms with Gasteiger partial charge in [-0.1, -0.05) is 6.92 Å². The van der Waals surface area contributed by atoms with E-state index in [1.165, 1.54) is 4.90 Å². The summed E-state index contributed by atoms with van der Waals surface area (Å²) >= 11 is 0. The molecule has 0 spiro atoms. The Morgan fingerprint density at radius 2 is 2.07 bits per heavy atom. The molecule has 0 aliphatic rings. The monoisotopic (exact) mass is 207 g/mol. The van der Waals surface area contributed by atoms with Crippen LogP contribution >= 0.6 is 0 Å². The van der Waals surface area contributed by atoms with Crippen molar-refractivity contribution in [2.45, 2.75) is 39.7 Å². The Labute approximate surface area is 91.1 Å². The highest BCUT2D eigenvalue weighted by Gasteiger charge is 2.35. The molecule has 82 valence electrons. The number of rotatable bonds is 4. The van der Waals surface area contributed by atoms with Gasteiger partial charge in [0.05, 0.1) is 18.6 Å². The Morgan fingerprint density at radius 1 is 1.53 bits per heavy atom. The van der Waals surface area contributed by atoms with Crippen molar-refractivity contribution in [3.63, 3.8) is 0 Å². The van der Waals surface area contributed by atoms with E-state index in [0.29, 0.717) is 6.42 Å². The standard InChI is InChI=1S/C11H17N3O/c1-5-11(3,8-13)10(15)14(4)9(2)6-7-12/h9H,5-6H2,1-4H3. The summed E-state index contributed by atoms with van der Waals surface area (Å²) in [5, 5.41) is 17.5. The van der Waals surface area contributed by atoms with Gasteiger partial charge in [0.1, 0.15) is 5.41 Å². The molecule has 0 radical (unpaired) electrons. The summed E-state index contributed by atoms with van der Waals surface area (Å²) in [5.74, 6) is -0.213. The third-order valence-corrected chi connectivity index (χ3v) is 2.79. The van der Waals surface area contributed by atoms with Crippen LogP contribution in [0.2, 0.25) is 0 Å². The van der Waals surface area contributed by atoms with Crippen LogP contribution in [0.4, 0.5) is 0 Å². The molecule has 2 unspecified atom stereocenters.